The Kier molecular flexibility index (Phi) is 12.3. The minimum absolute atomic E-state index is 0.00798. The predicted molar refractivity (Wildman–Crippen MR) is 220 cm³/mol. The first kappa shape index (κ1) is 42.7. The number of anilines is 3. The fraction of sp³-hybridized carbons (Fsp3) is 0.477. The molecular weight excluding hydrogens is 811 g/mol. The third-order valence-electron chi connectivity index (χ3n) is 12.9. The van der Waals surface area contributed by atoms with E-state index in [0.717, 1.165) is 81.1 Å². The Bertz CT molecular complexity index is 2280. The molecule has 0 spiro atoms. The van der Waals surface area contributed by atoms with Gasteiger partial charge in [0.2, 0.25) is 17.7 Å². The molecule has 0 bridgehead atoms. The van der Waals surface area contributed by atoms with Crippen molar-refractivity contribution in [3.05, 3.63) is 88.1 Å². The third kappa shape index (κ3) is 9.14. The van der Waals surface area contributed by atoms with Gasteiger partial charge in [-0.3, -0.25) is 39.1 Å². The van der Waals surface area contributed by atoms with Crippen molar-refractivity contribution in [2.75, 3.05) is 80.6 Å². The highest BCUT2D eigenvalue weighted by Gasteiger charge is 2.45. The second kappa shape index (κ2) is 17.8. The van der Waals surface area contributed by atoms with E-state index in [-0.39, 0.29) is 41.5 Å². The smallest absolute Gasteiger partial charge is 0.372 e. The lowest BCUT2D eigenvalue weighted by molar-refractivity contribution is -0.137. The summed E-state index contributed by atoms with van der Waals surface area (Å²) in [6.07, 6.45) is 1.08. The molecule has 326 valence electrons. The maximum Gasteiger partial charge on any atom is 0.407 e. The highest BCUT2D eigenvalue weighted by molar-refractivity contribution is 6.23. The van der Waals surface area contributed by atoms with Crippen LogP contribution < -0.4 is 20.4 Å². The third-order valence-corrected chi connectivity index (χ3v) is 12.9. The van der Waals surface area contributed by atoms with Gasteiger partial charge in [0.1, 0.15) is 17.7 Å². The van der Waals surface area contributed by atoms with Gasteiger partial charge in [-0.05, 0) is 93.4 Å². The quantitative estimate of drug-likeness (QED) is 0.160. The number of aromatic nitrogens is 1. The number of hydrogen-bond acceptors (Lipinski definition) is 10. The molecule has 18 heteroatoms. The lowest BCUT2D eigenvalue weighted by atomic mass is 9.95. The van der Waals surface area contributed by atoms with E-state index in [1.807, 2.05) is 15.9 Å². The topological polar surface area (TPSA) is 143 Å². The van der Waals surface area contributed by atoms with Gasteiger partial charge in [-0.2, -0.15) is 13.2 Å². The van der Waals surface area contributed by atoms with Crippen LogP contribution in [0.15, 0.2) is 48.7 Å². The molecule has 4 fully saturated rings. The molecule has 5 amide bonds. The molecular formula is C44H47F4N9O5. The highest BCUT2D eigenvalue weighted by atomic mass is 19.4. The molecule has 2 aromatic carbocycles. The molecule has 1 aromatic heterocycles. The van der Waals surface area contributed by atoms with Crippen LogP contribution in [0.2, 0.25) is 0 Å². The summed E-state index contributed by atoms with van der Waals surface area (Å²) in [5, 5.41) is 5.06. The maximum atomic E-state index is 15.4. The number of rotatable bonds is 10. The Morgan fingerprint density at radius 1 is 0.839 bits per heavy atom. The van der Waals surface area contributed by atoms with Crippen LogP contribution in [0.5, 0.6) is 0 Å². The number of piperidine rings is 3. The Morgan fingerprint density at radius 2 is 1.55 bits per heavy atom. The van der Waals surface area contributed by atoms with Crippen molar-refractivity contribution in [2.45, 2.75) is 57.2 Å². The van der Waals surface area contributed by atoms with Crippen LogP contribution in [0.4, 0.5) is 40.4 Å². The molecule has 5 aliphatic rings. The number of halogens is 4. The summed E-state index contributed by atoms with van der Waals surface area (Å²) < 4.78 is 55.8. The summed E-state index contributed by atoms with van der Waals surface area (Å²) >= 11 is 0. The molecule has 5 aliphatic heterocycles. The SMILES string of the molecule is [C-]#[N+]c1ccc(N2CCC(C(=O)Nc3ccc(CCN4CCC(CN5CCN(c6cc7c(cc6F)C(=O)N(C6CCC(=O)NC6=O)C7=O)CC5)CC4)cn3)CC2)cc1C(F)(F)F. The van der Waals surface area contributed by atoms with Gasteiger partial charge < -0.3 is 20.0 Å². The predicted octanol–water partition coefficient (Wildman–Crippen LogP) is 5.12. The normalized spacial score (nSPS) is 21.0. The zero-order chi connectivity index (χ0) is 43.7. The molecule has 62 heavy (non-hydrogen) atoms. The number of nitrogens with one attached hydrogen (secondary N) is 2. The van der Waals surface area contributed by atoms with Crippen LogP contribution in [-0.2, 0) is 27.0 Å². The molecule has 8 rings (SSSR count). The molecule has 0 saturated carbocycles. The van der Waals surface area contributed by atoms with E-state index in [9.17, 15) is 37.1 Å². The number of piperazine rings is 1. The first-order chi connectivity index (χ1) is 29.7. The van der Waals surface area contributed by atoms with Crippen molar-refractivity contribution in [3.63, 3.8) is 0 Å². The Balaban J connectivity index is 0.737. The van der Waals surface area contributed by atoms with Crippen LogP contribution in [0.3, 0.4) is 0 Å². The molecule has 0 radical (unpaired) electrons. The summed E-state index contributed by atoms with van der Waals surface area (Å²) in [5.41, 5.74) is 0.304. The van der Waals surface area contributed by atoms with Crippen LogP contribution in [-0.4, -0.2) is 121 Å². The Morgan fingerprint density at radius 3 is 2.19 bits per heavy atom. The van der Waals surface area contributed by atoms with E-state index in [1.165, 1.54) is 18.2 Å². The largest absolute Gasteiger partial charge is 0.407 e. The Labute approximate surface area is 356 Å². The number of fused-ring (bicyclic) bond motifs is 1. The number of carbonyl (C=O) groups excluding carboxylic acids is 5. The van der Waals surface area contributed by atoms with E-state index in [1.54, 1.807) is 12.3 Å². The van der Waals surface area contributed by atoms with E-state index in [0.29, 0.717) is 56.4 Å². The number of imide groups is 2. The number of carbonyl (C=O) groups is 5. The monoisotopic (exact) mass is 857 g/mol. The number of alkyl halides is 3. The summed E-state index contributed by atoms with van der Waals surface area (Å²) in [4.78, 5) is 80.3. The first-order valence-corrected chi connectivity index (χ1v) is 21.1. The van der Waals surface area contributed by atoms with Gasteiger partial charge in [0.05, 0.1) is 28.9 Å². The van der Waals surface area contributed by atoms with Crippen molar-refractivity contribution in [2.24, 2.45) is 11.8 Å². The zero-order valence-electron chi connectivity index (χ0n) is 34.1. The van der Waals surface area contributed by atoms with Crippen LogP contribution in [0.1, 0.15) is 70.4 Å². The summed E-state index contributed by atoms with van der Waals surface area (Å²) in [5.74, 6) is -2.63. The molecule has 6 heterocycles. The second-order valence-electron chi connectivity index (χ2n) is 16.7. The van der Waals surface area contributed by atoms with Crippen molar-refractivity contribution < 1.29 is 41.5 Å². The first-order valence-electron chi connectivity index (χ1n) is 21.1. The number of amides is 5. The van der Waals surface area contributed by atoms with Crippen molar-refractivity contribution in [1.29, 1.82) is 0 Å². The van der Waals surface area contributed by atoms with Gasteiger partial charge >= 0.3 is 6.18 Å². The standard InChI is InChI=1S/C44H47F4N9O5/c1-49-35-4-3-30(22-33(35)44(46,47)48)55-16-11-29(12-17-55)40(59)51-38-6-2-27(25-50-38)8-13-53-14-9-28(10-15-53)26-54-18-20-56(21-19-54)37-24-32-31(23-34(37)45)42(61)57(43(32)62)36-5-7-39(58)52-41(36)60/h2-4,6,22-25,28-29,36H,5,7-21,26H2,(H,50,51,59)(H,52,58,60). The lowest BCUT2D eigenvalue weighted by Crippen LogP contribution is -2.54. The van der Waals surface area contributed by atoms with Crippen molar-refractivity contribution in [3.8, 4) is 0 Å². The Hall–Kier alpha value is -5.93. The fourth-order valence-electron chi connectivity index (χ4n) is 9.26. The average molecular weight is 858 g/mol. The fourth-order valence-corrected chi connectivity index (χ4v) is 9.26. The minimum atomic E-state index is -4.62. The molecule has 1 unspecified atom stereocenters. The van der Waals surface area contributed by atoms with Crippen molar-refractivity contribution in [1.82, 2.24) is 25.0 Å². The van der Waals surface area contributed by atoms with Crippen molar-refractivity contribution >= 4 is 52.4 Å². The van der Waals surface area contributed by atoms with E-state index >= 15 is 4.39 Å². The number of hydrogen-bond donors (Lipinski definition) is 2. The number of likely N-dealkylation sites (tertiary alicyclic amines) is 1. The van der Waals surface area contributed by atoms with E-state index in [2.05, 4.69) is 30.3 Å². The highest BCUT2D eigenvalue weighted by Crippen LogP contribution is 2.40. The number of nitrogens with zero attached hydrogens (tertiary/aromatic N) is 7. The van der Waals surface area contributed by atoms with Crippen LogP contribution in [0.25, 0.3) is 4.85 Å². The van der Waals surface area contributed by atoms with Crippen LogP contribution >= 0.6 is 0 Å². The second-order valence-corrected chi connectivity index (χ2v) is 16.7. The minimum Gasteiger partial charge on any atom is -0.372 e. The molecule has 4 saturated heterocycles. The summed E-state index contributed by atoms with van der Waals surface area (Å²) in [7, 11) is 0. The summed E-state index contributed by atoms with van der Waals surface area (Å²) in [6.45, 7) is 14.2. The number of pyridine rings is 1. The zero-order valence-corrected chi connectivity index (χ0v) is 34.1. The van der Waals surface area contributed by atoms with Gasteiger partial charge in [0.15, 0.2) is 5.69 Å². The molecule has 0 aliphatic carbocycles. The average Bonchev–Trinajstić information content (AvgIpc) is 3.50. The van der Waals surface area contributed by atoms with E-state index in [4.69, 9.17) is 6.57 Å². The molecule has 1 atom stereocenters. The molecule has 2 N–H and O–H groups in total. The molecule has 3 aromatic rings. The van der Waals surface area contributed by atoms with E-state index < -0.39 is 52.9 Å². The maximum absolute atomic E-state index is 15.4. The lowest BCUT2D eigenvalue weighted by Gasteiger charge is -2.39. The number of benzene rings is 2. The molecule has 14 nitrogen and oxygen atoms in total. The van der Waals surface area contributed by atoms with Gasteiger partial charge in [-0.25, -0.2) is 14.2 Å². The van der Waals surface area contributed by atoms with Gasteiger partial charge in [0, 0.05) is 76.6 Å². The van der Waals surface area contributed by atoms with Gasteiger partial charge in [0.25, 0.3) is 11.8 Å². The van der Waals surface area contributed by atoms with Crippen LogP contribution in [0, 0.1) is 24.2 Å². The van der Waals surface area contributed by atoms with Gasteiger partial charge in [-0.15, -0.1) is 0 Å². The summed E-state index contributed by atoms with van der Waals surface area (Å²) in [6, 6.07) is 8.89. The van der Waals surface area contributed by atoms with Gasteiger partial charge in [-0.1, -0.05) is 12.1 Å².